The van der Waals surface area contributed by atoms with Crippen LogP contribution in [0.5, 0.6) is 0 Å². The van der Waals surface area contributed by atoms with Gasteiger partial charge in [0.25, 0.3) is 0 Å². The van der Waals surface area contributed by atoms with E-state index in [1.807, 2.05) is 37.8 Å². The van der Waals surface area contributed by atoms with E-state index in [0.717, 1.165) is 31.1 Å². The lowest BCUT2D eigenvalue weighted by Crippen LogP contribution is -2.51. The van der Waals surface area contributed by atoms with Crippen molar-refractivity contribution < 1.29 is 18.7 Å². The molecule has 1 aromatic carbocycles. The van der Waals surface area contributed by atoms with Crippen LogP contribution in [-0.2, 0) is 9.53 Å². The molecule has 3 aliphatic rings. The minimum absolute atomic E-state index is 0.0475. The zero-order valence-electron chi connectivity index (χ0n) is 25.7. The number of hydrogen-bond acceptors (Lipinski definition) is 7. The molecular weight excluding hydrogens is 533 g/mol. The summed E-state index contributed by atoms with van der Waals surface area (Å²) in [4.78, 5) is 29.3. The number of nitrogens with one attached hydrogen (secondary N) is 2. The summed E-state index contributed by atoms with van der Waals surface area (Å²) in [6.07, 6.45) is 7.69. The Morgan fingerprint density at radius 2 is 1.88 bits per heavy atom. The predicted molar refractivity (Wildman–Crippen MR) is 161 cm³/mol. The smallest absolute Gasteiger partial charge is 0.408 e. The number of nitrogens with zero attached hydrogens (tertiary/aromatic N) is 3. The molecule has 5 unspecified atom stereocenters. The van der Waals surface area contributed by atoms with Crippen molar-refractivity contribution in [3.8, 4) is 6.07 Å². The van der Waals surface area contributed by atoms with Crippen molar-refractivity contribution in [2.75, 3.05) is 19.6 Å². The first-order chi connectivity index (χ1) is 20.0. The van der Waals surface area contributed by atoms with Gasteiger partial charge in [-0.1, -0.05) is 44.9 Å². The van der Waals surface area contributed by atoms with E-state index in [0.29, 0.717) is 43.6 Å². The molecule has 1 saturated carbocycles. The zero-order valence-corrected chi connectivity index (χ0v) is 25.7. The standard InChI is InChI=1S/C33H48FN5O3/c1-22-15-28(17-35)39(18-22)23(2)30(37-32(41)42-33(3,4)5)20-38-19-27(16-29(38)21-40)36-31(24-9-7-6-8-10-24)25-11-13-26(34)14-12-25/h11-14,21-22,24,27-31,36H,2,6-10,15-16,18-20H2,1,3-5H3,(H,37,41)/t22?,27-,28?,29?,30?,31?/m0/s1. The highest BCUT2D eigenvalue weighted by Gasteiger charge is 2.39. The molecule has 230 valence electrons. The lowest BCUT2D eigenvalue weighted by atomic mass is 9.80. The number of alkyl carbamates (subject to hydrolysis) is 1. The first-order valence-corrected chi connectivity index (χ1v) is 15.5. The van der Waals surface area contributed by atoms with Gasteiger partial charge in [0.2, 0.25) is 0 Å². The Kier molecular flexibility index (Phi) is 10.7. The Hall–Kier alpha value is -2.96. The van der Waals surface area contributed by atoms with Gasteiger partial charge in [-0.25, -0.2) is 9.18 Å². The van der Waals surface area contributed by atoms with Crippen molar-refractivity contribution in [3.63, 3.8) is 0 Å². The maximum Gasteiger partial charge on any atom is 0.408 e. The Bertz CT molecular complexity index is 1120. The fourth-order valence-corrected chi connectivity index (χ4v) is 6.91. The predicted octanol–water partition coefficient (Wildman–Crippen LogP) is 5.32. The van der Waals surface area contributed by atoms with Gasteiger partial charge in [-0.2, -0.15) is 5.26 Å². The summed E-state index contributed by atoms with van der Waals surface area (Å²) < 4.78 is 19.3. The van der Waals surface area contributed by atoms with Crippen molar-refractivity contribution in [1.82, 2.24) is 20.4 Å². The summed E-state index contributed by atoms with van der Waals surface area (Å²) in [6.45, 7) is 13.5. The van der Waals surface area contributed by atoms with E-state index in [4.69, 9.17) is 4.74 Å². The monoisotopic (exact) mass is 581 g/mol. The average molecular weight is 582 g/mol. The molecule has 3 fully saturated rings. The molecule has 4 rings (SSSR count). The average Bonchev–Trinajstić information content (AvgIpc) is 3.53. The maximum atomic E-state index is 13.8. The molecule has 0 spiro atoms. The zero-order chi connectivity index (χ0) is 30.4. The van der Waals surface area contributed by atoms with Crippen molar-refractivity contribution in [2.45, 2.75) is 108 Å². The molecule has 1 amide bonds. The fourth-order valence-electron chi connectivity index (χ4n) is 6.91. The number of benzene rings is 1. The molecule has 9 heteroatoms. The van der Waals surface area contributed by atoms with Gasteiger partial charge in [0, 0.05) is 37.4 Å². The number of hydrogen-bond donors (Lipinski definition) is 2. The lowest BCUT2D eigenvalue weighted by molar-refractivity contribution is -0.111. The van der Waals surface area contributed by atoms with Crippen LogP contribution in [0.3, 0.4) is 0 Å². The molecule has 2 heterocycles. The second-order valence-electron chi connectivity index (χ2n) is 13.5. The first kappa shape index (κ1) is 32.0. The Labute approximate surface area is 250 Å². The van der Waals surface area contributed by atoms with E-state index in [-0.39, 0.29) is 30.0 Å². The summed E-state index contributed by atoms with van der Waals surface area (Å²) in [5.41, 5.74) is 1.06. The second-order valence-corrected chi connectivity index (χ2v) is 13.5. The van der Waals surface area contributed by atoms with Crippen molar-refractivity contribution in [3.05, 3.63) is 47.9 Å². The van der Waals surface area contributed by atoms with Crippen LogP contribution in [0, 0.1) is 29.0 Å². The fraction of sp³-hybridized carbons (Fsp3) is 0.667. The van der Waals surface area contributed by atoms with Gasteiger partial charge in [0.1, 0.15) is 23.7 Å². The number of carbonyl (C=O) groups excluding carboxylic acids is 2. The molecule has 6 atom stereocenters. The van der Waals surface area contributed by atoms with Gasteiger partial charge in [0.05, 0.1) is 18.2 Å². The van der Waals surface area contributed by atoms with E-state index in [2.05, 4.69) is 35.1 Å². The molecular formula is C33H48FN5O3. The lowest BCUT2D eigenvalue weighted by Gasteiger charge is -2.35. The normalized spacial score (nSPS) is 26.8. The van der Waals surface area contributed by atoms with E-state index in [1.54, 1.807) is 0 Å². The molecule has 2 saturated heterocycles. The number of rotatable bonds is 10. The number of halogens is 1. The van der Waals surface area contributed by atoms with E-state index < -0.39 is 17.7 Å². The largest absolute Gasteiger partial charge is 0.444 e. The highest BCUT2D eigenvalue weighted by Crippen LogP contribution is 2.36. The van der Waals surface area contributed by atoms with Gasteiger partial charge < -0.3 is 25.1 Å². The minimum atomic E-state index is -0.671. The van der Waals surface area contributed by atoms with E-state index >= 15 is 0 Å². The highest BCUT2D eigenvalue weighted by atomic mass is 19.1. The van der Waals surface area contributed by atoms with Gasteiger partial charge in [-0.3, -0.25) is 4.90 Å². The maximum absolute atomic E-state index is 13.8. The number of amides is 1. The molecule has 0 aromatic heterocycles. The van der Waals surface area contributed by atoms with Crippen LogP contribution in [0.2, 0.25) is 0 Å². The van der Waals surface area contributed by atoms with Crippen molar-refractivity contribution >= 4 is 12.4 Å². The quantitative estimate of drug-likeness (QED) is 0.361. The topological polar surface area (TPSA) is 97.7 Å². The van der Waals surface area contributed by atoms with Crippen LogP contribution in [0.15, 0.2) is 36.5 Å². The van der Waals surface area contributed by atoms with E-state index in [1.165, 1.54) is 31.4 Å². The van der Waals surface area contributed by atoms with Crippen LogP contribution < -0.4 is 10.6 Å². The molecule has 8 nitrogen and oxygen atoms in total. The molecule has 42 heavy (non-hydrogen) atoms. The highest BCUT2D eigenvalue weighted by molar-refractivity contribution is 5.68. The van der Waals surface area contributed by atoms with Gasteiger partial charge in [-0.05, 0) is 76.0 Å². The summed E-state index contributed by atoms with van der Waals surface area (Å²) in [5.74, 6) is 0.540. The Morgan fingerprint density at radius 3 is 2.50 bits per heavy atom. The van der Waals surface area contributed by atoms with Gasteiger partial charge >= 0.3 is 6.09 Å². The van der Waals surface area contributed by atoms with Crippen LogP contribution in [0.25, 0.3) is 0 Å². The first-order valence-electron chi connectivity index (χ1n) is 15.5. The van der Waals surface area contributed by atoms with Crippen LogP contribution in [0.1, 0.15) is 84.2 Å². The van der Waals surface area contributed by atoms with Crippen LogP contribution in [-0.4, -0.2) is 71.6 Å². The molecule has 2 N–H and O–H groups in total. The number of carbonyl (C=O) groups is 2. The van der Waals surface area contributed by atoms with Crippen LogP contribution >= 0.6 is 0 Å². The third kappa shape index (κ3) is 8.32. The molecule has 1 aliphatic carbocycles. The molecule has 0 bridgehead atoms. The molecule has 1 aromatic rings. The summed E-state index contributed by atoms with van der Waals surface area (Å²) in [6, 6.07) is 8.13. The summed E-state index contributed by atoms with van der Waals surface area (Å²) in [7, 11) is 0. The van der Waals surface area contributed by atoms with Gasteiger partial charge in [0.15, 0.2) is 0 Å². The molecule has 2 aliphatic heterocycles. The van der Waals surface area contributed by atoms with Crippen molar-refractivity contribution in [1.29, 1.82) is 5.26 Å². The van der Waals surface area contributed by atoms with E-state index in [9.17, 15) is 19.2 Å². The minimum Gasteiger partial charge on any atom is -0.444 e. The number of aldehydes is 1. The number of nitriles is 1. The molecule has 0 radical (unpaired) electrons. The Morgan fingerprint density at radius 1 is 1.19 bits per heavy atom. The summed E-state index contributed by atoms with van der Waals surface area (Å²) in [5, 5.41) is 16.6. The number of ether oxygens (including phenoxy) is 1. The Balaban J connectivity index is 1.51. The third-order valence-electron chi connectivity index (χ3n) is 8.91. The summed E-state index contributed by atoms with van der Waals surface area (Å²) >= 11 is 0. The second kappa shape index (κ2) is 14.0. The third-order valence-corrected chi connectivity index (χ3v) is 8.91. The van der Waals surface area contributed by atoms with Crippen molar-refractivity contribution in [2.24, 2.45) is 11.8 Å². The SMILES string of the molecule is C=C(C(CN1C[C@@H](NC(c2ccc(F)cc2)C2CCCCC2)CC1C=O)NC(=O)OC(C)(C)C)N1CC(C)CC1C#N. The van der Waals surface area contributed by atoms with Crippen LogP contribution in [0.4, 0.5) is 9.18 Å². The number of likely N-dealkylation sites (tertiary alicyclic amines) is 2. The van der Waals surface area contributed by atoms with Gasteiger partial charge in [-0.15, -0.1) is 0 Å².